The number of aromatic amines is 1. The van der Waals surface area contributed by atoms with Crippen molar-refractivity contribution in [2.75, 3.05) is 20.5 Å². The van der Waals surface area contributed by atoms with Gasteiger partial charge in [-0.15, -0.1) is 0 Å². The summed E-state index contributed by atoms with van der Waals surface area (Å²) in [6.07, 6.45) is -0.768. The van der Waals surface area contributed by atoms with Crippen LogP contribution in [0.25, 0.3) is 6.08 Å². The Hall–Kier alpha value is -1.78. The van der Waals surface area contributed by atoms with Gasteiger partial charge < -0.3 is 23.7 Å². The van der Waals surface area contributed by atoms with E-state index in [1.807, 2.05) is 0 Å². The number of nitrogens with zero attached hydrogens (tertiary/aromatic N) is 1. The summed E-state index contributed by atoms with van der Waals surface area (Å²) < 4.78 is 29.4. The minimum atomic E-state index is -0.822. The fourth-order valence-electron chi connectivity index (χ4n) is 3.19. The van der Waals surface area contributed by atoms with Crippen molar-refractivity contribution in [1.82, 2.24) is 9.55 Å². The summed E-state index contributed by atoms with van der Waals surface area (Å²) in [5.41, 5.74) is -0.767. The molecule has 0 unspecified atom stereocenters. The summed E-state index contributed by atoms with van der Waals surface area (Å²) in [7, 11) is 1.52. The lowest BCUT2D eigenvalue weighted by molar-refractivity contribution is -0.205. The number of hydrogen-bond acceptors (Lipinski definition) is 7. The van der Waals surface area contributed by atoms with Crippen molar-refractivity contribution < 1.29 is 23.7 Å². The lowest BCUT2D eigenvalue weighted by Crippen LogP contribution is -2.38. The molecule has 25 heavy (non-hydrogen) atoms. The molecule has 0 aromatic carbocycles. The van der Waals surface area contributed by atoms with Crippen LogP contribution in [-0.2, 0) is 23.7 Å². The first kappa shape index (κ1) is 18.0. The largest absolute Gasteiger partial charge is 0.359 e. The smallest absolute Gasteiger partial charge is 0.331 e. The topological polar surface area (TPSA) is 101 Å². The van der Waals surface area contributed by atoms with Crippen molar-refractivity contribution in [2.24, 2.45) is 0 Å². The molecule has 3 heterocycles. The number of nitrogens with one attached hydrogen (secondary N) is 1. The van der Waals surface area contributed by atoms with E-state index in [0.29, 0.717) is 5.69 Å². The number of ether oxygens (including phenoxy) is 5. The zero-order chi connectivity index (χ0) is 18.2. The van der Waals surface area contributed by atoms with Crippen molar-refractivity contribution in [3.63, 3.8) is 0 Å². The average Bonchev–Trinajstić information content (AvgIpc) is 3.01. The van der Waals surface area contributed by atoms with E-state index in [-0.39, 0.29) is 13.4 Å². The highest BCUT2D eigenvalue weighted by atomic mass is 16.8. The van der Waals surface area contributed by atoms with E-state index in [9.17, 15) is 9.59 Å². The summed E-state index contributed by atoms with van der Waals surface area (Å²) in [6.45, 7) is 7.57. The maximum absolute atomic E-state index is 12.4. The SMILES string of the molecule is C=Cc1cc(=O)[nH]c(=O)n1[C@@H]1O[C@H](COCOC)[C@H]2OC(C)(C)O[C@H]21. The van der Waals surface area contributed by atoms with Gasteiger partial charge in [-0.05, 0) is 19.9 Å². The molecule has 0 spiro atoms. The van der Waals surface area contributed by atoms with Gasteiger partial charge >= 0.3 is 5.69 Å². The molecule has 0 bridgehead atoms. The minimum absolute atomic E-state index is 0.114. The maximum atomic E-state index is 12.4. The van der Waals surface area contributed by atoms with E-state index in [1.165, 1.54) is 23.8 Å². The maximum Gasteiger partial charge on any atom is 0.331 e. The summed E-state index contributed by atoms with van der Waals surface area (Å²) >= 11 is 0. The van der Waals surface area contributed by atoms with Crippen molar-refractivity contribution in [2.45, 2.75) is 44.2 Å². The van der Waals surface area contributed by atoms with Crippen LogP contribution in [0.2, 0.25) is 0 Å². The first-order valence-electron chi connectivity index (χ1n) is 7.92. The molecule has 3 rings (SSSR count). The van der Waals surface area contributed by atoms with Crippen LogP contribution < -0.4 is 11.2 Å². The van der Waals surface area contributed by atoms with E-state index in [4.69, 9.17) is 23.7 Å². The summed E-state index contributed by atoms with van der Waals surface area (Å²) in [6, 6.07) is 1.28. The molecule has 0 radical (unpaired) electrons. The Morgan fingerprint density at radius 3 is 2.76 bits per heavy atom. The second-order valence-corrected chi connectivity index (χ2v) is 6.34. The molecule has 1 aromatic heterocycles. The molecule has 0 aliphatic carbocycles. The van der Waals surface area contributed by atoms with E-state index in [1.54, 1.807) is 13.8 Å². The second-order valence-electron chi connectivity index (χ2n) is 6.34. The van der Waals surface area contributed by atoms with Gasteiger partial charge in [0.15, 0.2) is 12.0 Å². The molecule has 138 valence electrons. The van der Waals surface area contributed by atoms with Crippen molar-refractivity contribution >= 4 is 6.08 Å². The van der Waals surface area contributed by atoms with Gasteiger partial charge in [-0.25, -0.2) is 4.79 Å². The predicted octanol–water partition coefficient (Wildman–Crippen LogP) is 0.218. The van der Waals surface area contributed by atoms with Crippen LogP contribution in [0.1, 0.15) is 25.8 Å². The van der Waals surface area contributed by atoms with Crippen LogP contribution in [0.15, 0.2) is 22.2 Å². The van der Waals surface area contributed by atoms with Gasteiger partial charge in [0, 0.05) is 13.2 Å². The Morgan fingerprint density at radius 2 is 2.08 bits per heavy atom. The Labute approximate surface area is 144 Å². The van der Waals surface area contributed by atoms with Crippen molar-refractivity contribution in [1.29, 1.82) is 0 Å². The van der Waals surface area contributed by atoms with Gasteiger partial charge in [0.05, 0.1) is 12.3 Å². The van der Waals surface area contributed by atoms with Gasteiger partial charge in [0.2, 0.25) is 0 Å². The van der Waals surface area contributed by atoms with E-state index in [2.05, 4.69) is 11.6 Å². The highest BCUT2D eigenvalue weighted by molar-refractivity contribution is 5.41. The third kappa shape index (κ3) is 3.46. The lowest BCUT2D eigenvalue weighted by atomic mass is 10.1. The fourth-order valence-corrected chi connectivity index (χ4v) is 3.19. The summed E-state index contributed by atoms with van der Waals surface area (Å²) in [5.74, 6) is -0.822. The summed E-state index contributed by atoms with van der Waals surface area (Å²) in [4.78, 5) is 26.1. The molecule has 2 saturated heterocycles. The Kier molecular flexibility index (Phi) is 4.94. The zero-order valence-electron chi connectivity index (χ0n) is 14.4. The summed E-state index contributed by atoms with van der Waals surface area (Å²) in [5, 5.41) is 0. The van der Waals surface area contributed by atoms with Crippen LogP contribution in [0.3, 0.4) is 0 Å². The standard InChI is InChI=1S/C16H22N2O7/c1-5-9-6-11(19)17-15(20)18(9)14-13-12(24-16(2,3)25-13)10(23-14)7-22-8-21-4/h5-6,10,12-14H,1,7-8H2,2-4H3,(H,17,19,20)/t10-,12-,13-,14-/m1/s1. The number of aromatic nitrogens is 2. The van der Waals surface area contributed by atoms with Gasteiger partial charge in [-0.3, -0.25) is 14.3 Å². The zero-order valence-corrected chi connectivity index (χ0v) is 14.4. The van der Waals surface area contributed by atoms with Crippen LogP contribution in [-0.4, -0.2) is 54.2 Å². The minimum Gasteiger partial charge on any atom is -0.359 e. The molecule has 4 atom stereocenters. The Morgan fingerprint density at radius 1 is 1.36 bits per heavy atom. The highest BCUT2D eigenvalue weighted by Gasteiger charge is 2.56. The van der Waals surface area contributed by atoms with Gasteiger partial charge in [-0.2, -0.15) is 0 Å². The Balaban J connectivity index is 1.95. The van der Waals surface area contributed by atoms with Gasteiger partial charge in [0.25, 0.3) is 5.56 Å². The van der Waals surface area contributed by atoms with Crippen LogP contribution >= 0.6 is 0 Å². The average molecular weight is 354 g/mol. The van der Waals surface area contributed by atoms with Crippen molar-refractivity contribution in [3.05, 3.63) is 39.2 Å². The third-order valence-corrected chi connectivity index (χ3v) is 4.08. The molecular weight excluding hydrogens is 332 g/mol. The van der Waals surface area contributed by atoms with Crippen molar-refractivity contribution in [3.8, 4) is 0 Å². The predicted molar refractivity (Wildman–Crippen MR) is 87.0 cm³/mol. The first-order valence-corrected chi connectivity index (χ1v) is 7.92. The molecule has 1 aromatic rings. The molecule has 9 heteroatoms. The number of methoxy groups -OCH3 is 1. The molecule has 1 N–H and O–H groups in total. The fraction of sp³-hybridized carbons (Fsp3) is 0.625. The highest BCUT2D eigenvalue weighted by Crippen LogP contribution is 2.42. The first-order chi connectivity index (χ1) is 11.9. The molecular formula is C16H22N2O7. The monoisotopic (exact) mass is 354 g/mol. The normalized spacial score (nSPS) is 30.4. The molecule has 9 nitrogen and oxygen atoms in total. The lowest BCUT2D eigenvalue weighted by Gasteiger charge is -2.25. The van der Waals surface area contributed by atoms with Gasteiger partial charge in [-0.1, -0.05) is 6.58 Å². The second kappa shape index (κ2) is 6.85. The molecule has 0 saturated carbocycles. The van der Waals surface area contributed by atoms with E-state index < -0.39 is 41.6 Å². The number of H-pyrrole nitrogens is 1. The molecule has 2 aliphatic heterocycles. The van der Waals surface area contributed by atoms with Gasteiger partial charge in [0.1, 0.15) is 25.1 Å². The van der Waals surface area contributed by atoms with E-state index >= 15 is 0 Å². The number of rotatable bonds is 6. The van der Waals surface area contributed by atoms with Crippen LogP contribution in [0.5, 0.6) is 0 Å². The quantitative estimate of drug-likeness (QED) is 0.576. The number of hydrogen-bond donors (Lipinski definition) is 1. The number of fused-ring (bicyclic) bond motifs is 1. The van der Waals surface area contributed by atoms with Crippen LogP contribution in [0.4, 0.5) is 0 Å². The van der Waals surface area contributed by atoms with E-state index in [0.717, 1.165) is 0 Å². The van der Waals surface area contributed by atoms with Crippen LogP contribution in [0, 0.1) is 0 Å². The third-order valence-electron chi connectivity index (χ3n) is 4.08. The molecule has 0 amide bonds. The Bertz CT molecular complexity index is 754. The molecule has 2 fully saturated rings. The molecule has 2 aliphatic rings.